The summed E-state index contributed by atoms with van der Waals surface area (Å²) in [5, 5.41) is 12.7. The van der Waals surface area contributed by atoms with Gasteiger partial charge in [-0.25, -0.2) is 0 Å². The number of hydrogen-bond acceptors (Lipinski definition) is 3. The van der Waals surface area contributed by atoms with Crippen LogP contribution in [0.15, 0.2) is 17.5 Å². The molecule has 6 heteroatoms. The van der Waals surface area contributed by atoms with Crippen molar-refractivity contribution in [2.75, 3.05) is 0 Å². The third-order valence-electron chi connectivity index (χ3n) is 1.81. The maximum Gasteiger partial charge on any atom is 0.314 e. The molecule has 0 saturated heterocycles. The molecule has 0 fully saturated rings. The lowest BCUT2D eigenvalue weighted by molar-refractivity contribution is -0.385. The molecule has 14 heavy (non-hydrogen) atoms. The molecule has 0 N–H and O–H groups in total. The zero-order chi connectivity index (χ0) is 10.3. The summed E-state index contributed by atoms with van der Waals surface area (Å²) in [6.07, 6.45) is 0. The predicted octanol–water partition coefficient (Wildman–Crippen LogP) is 3.55. The molecule has 0 radical (unpaired) electrons. The lowest BCUT2D eigenvalue weighted by atomic mass is 10.2. The van der Waals surface area contributed by atoms with Crippen LogP contribution in [0.25, 0.3) is 10.1 Å². The van der Waals surface area contributed by atoms with Crippen LogP contribution in [-0.2, 0) is 0 Å². The maximum absolute atomic E-state index is 13.4. The van der Waals surface area contributed by atoms with Gasteiger partial charge in [-0.2, -0.15) is 4.39 Å². The second-order valence-electron chi connectivity index (χ2n) is 2.61. The number of nitro groups is 1. The Morgan fingerprint density at radius 1 is 1.57 bits per heavy atom. The molecule has 2 rings (SSSR count). The number of nitro benzene ring substituents is 1. The van der Waals surface area contributed by atoms with Crippen LogP contribution < -0.4 is 0 Å². The molecule has 0 aliphatic heterocycles. The van der Waals surface area contributed by atoms with Crippen molar-refractivity contribution >= 4 is 49.7 Å². The summed E-state index contributed by atoms with van der Waals surface area (Å²) in [4.78, 5) is 9.98. The highest BCUT2D eigenvalue weighted by molar-refractivity contribution is 14.1. The first-order valence-corrected chi connectivity index (χ1v) is 5.56. The Morgan fingerprint density at radius 3 is 2.93 bits per heavy atom. The van der Waals surface area contributed by atoms with Crippen LogP contribution in [-0.4, -0.2) is 4.92 Å². The maximum atomic E-state index is 13.4. The molecule has 3 nitrogen and oxygen atoms in total. The largest absolute Gasteiger partial charge is 0.314 e. The van der Waals surface area contributed by atoms with E-state index in [1.165, 1.54) is 11.3 Å². The van der Waals surface area contributed by atoms with Crippen molar-refractivity contribution in [2.45, 2.75) is 0 Å². The lowest BCUT2D eigenvalue weighted by Gasteiger charge is -1.98. The van der Waals surface area contributed by atoms with Crippen molar-refractivity contribution in [1.82, 2.24) is 0 Å². The van der Waals surface area contributed by atoms with Crippen molar-refractivity contribution in [3.8, 4) is 0 Å². The van der Waals surface area contributed by atoms with Gasteiger partial charge in [0.25, 0.3) is 0 Å². The van der Waals surface area contributed by atoms with E-state index < -0.39 is 16.4 Å². The Bertz CT molecular complexity index is 525. The number of thiophene rings is 1. The van der Waals surface area contributed by atoms with E-state index in [2.05, 4.69) is 0 Å². The molecule has 72 valence electrons. The normalized spacial score (nSPS) is 10.7. The van der Waals surface area contributed by atoms with Gasteiger partial charge in [-0.05, 0) is 40.1 Å². The Labute approximate surface area is 95.8 Å². The Morgan fingerprint density at radius 2 is 2.29 bits per heavy atom. The van der Waals surface area contributed by atoms with Crippen molar-refractivity contribution in [1.29, 1.82) is 0 Å². The molecule has 0 unspecified atom stereocenters. The third-order valence-corrected chi connectivity index (χ3v) is 3.46. The van der Waals surface area contributed by atoms with Crippen molar-refractivity contribution in [2.24, 2.45) is 0 Å². The number of rotatable bonds is 1. The zero-order valence-corrected chi connectivity index (χ0v) is 9.63. The molecule has 0 saturated carbocycles. The molecule has 0 atom stereocenters. The fraction of sp³-hybridized carbons (Fsp3) is 0. The number of fused-ring (bicyclic) bond motifs is 1. The van der Waals surface area contributed by atoms with E-state index in [0.717, 1.165) is 4.70 Å². The van der Waals surface area contributed by atoms with Crippen LogP contribution in [0.5, 0.6) is 0 Å². The van der Waals surface area contributed by atoms with E-state index in [0.29, 0.717) is 5.39 Å². The zero-order valence-electron chi connectivity index (χ0n) is 6.66. The third kappa shape index (κ3) is 1.38. The quantitative estimate of drug-likeness (QED) is 0.458. The van der Waals surface area contributed by atoms with E-state index in [4.69, 9.17) is 0 Å². The van der Waals surface area contributed by atoms with E-state index in [-0.39, 0.29) is 3.57 Å². The van der Waals surface area contributed by atoms with Gasteiger partial charge in [0, 0.05) is 4.70 Å². The van der Waals surface area contributed by atoms with Crippen molar-refractivity contribution in [3.05, 3.63) is 37.0 Å². The van der Waals surface area contributed by atoms with E-state index in [9.17, 15) is 14.5 Å². The summed E-state index contributed by atoms with van der Waals surface area (Å²) in [5.41, 5.74) is -0.423. The highest BCUT2D eigenvalue weighted by atomic mass is 127. The average Bonchev–Trinajstić information content (AvgIpc) is 2.52. The van der Waals surface area contributed by atoms with Crippen LogP contribution in [0.1, 0.15) is 0 Å². The first kappa shape index (κ1) is 9.78. The number of nitrogens with zero attached hydrogens (tertiary/aromatic N) is 1. The second-order valence-corrected chi connectivity index (χ2v) is 4.72. The van der Waals surface area contributed by atoms with Gasteiger partial charge in [0.1, 0.15) is 0 Å². The minimum atomic E-state index is -0.749. The molecule has 1 aromatic carbocycles. The topological polar surface area (TPSA) is 43.1 Å². The molecule has 0 bridgehead atoms. The van der Waals surface area contributed by atoms with Gasteiger partial charge in [-0.3, -0.25) is 10.1 Å². The Kier molecular flexibility index (Phi) is 2.40. The standard InChI is InChI=1S/C8H3FINO2S/c9-7-5(10)3-6-4(1-2-14-6)8(7)11(12)13/h1-3H. The highest BCUT2D eigenvalue weighted by Gasteiger charge is 2.22. The van der Waals surface area contributed by atoms with Crippen molar-refractivity contribution in [3.63, 3.8) is 0 Å². The molecular weight excluding hydrogens is 320 g/mol. The van der Waals surface area contributed by atoms with Crippen LogP contribution in [0, 0.1) is 19.5 Å². The number of halogens is 2. The first-order valence-electron chi connectivity index (χ1n) is 3.61. The predicted molar refractivity (Wildman–Crippen MR) is 61.2 cm³/mol. The summed E-state index contributed by atoms with van der Waals surface area (Å²) in [7, 11) is 0. The molecule has 0 aliphatic rings. The van der Waals surface area contributed by atoms with Gasteiger partial charge in [0.15, 0.2) is 0 Å². The van der Waals surface area contributed by atoms with Gasteiger partial charge >= 0.3 is 5.69 Å². The summed E-state index contributed by atoms with van der Waals surface area (Å²) in [6, 6.07) is 3.18. The van der Waals surface area contributed by atoms with Gasteiger partial charge in [0.2, 0.25) is 5.82 Å². The molecule has 0 spiro atoms. The number of hydrogen-bond donors (Lipinski definition) is 0. The molecular formula is C8H3FINO2S. The smallest absolute Gasteiger partial charge is 0.258 e. The Balaban J connectivity index is 2.93. The van der Waals surface area contributed by atoms with E-state index in [1.54, 1.807) is 40.1 Å². The molecule has 0 amide bonds. The van der Waals surface area contributed by atoms with Crippen LogP contribution in [0.2, 0.25) is 0 Å². The minimum absolute atomic E-state index is 0.282. The summed E-state index contributed by atoms with van der Waals surface area (Å²) in [5.74, 6) is -0.749. The summed E-state index contributed by atoms with van der Waals surface area (Å²) >= 11 is 3.12. The van der Waals surface area contributed by atoms with Gasteiger partial charge in [-0.15, -0.1) is 11.3 Å². The fourth-order valence-electron chi connectivity index (χ4n) is 1.22. The molecule has 2 aromatic rings. The summed E-state index contributed by atoms with van der Waals surface area (Å²) < 4.78 is 14.4. The summed E-state index contributed by atoms with van der Waals surface area (Å²) in [6.45, 7) is 0. The van der Waals surface area contributed by atoms with Crippen molar-refractivity contribution < 1.29 is 9.31 Å². The lowest BCUT2D eigenvalue weighted by Crippen LogP contribution is -1.95. The second kappa shape index (κ2) is 3.43. The highest BCUT2D eigenvalue weighted by Crippen LogP contribution is 2.34. The van der Waals surface area contributed by atoms with E-state index >= 15 is 0 Å². The average molecular weight is 323 g/mol. The number of benzene rings is 1. The molecule has 1 heterocycles. The fourth-order valence-corrected chi connectivity index (χ4v) is 2.82. The first-order chi connectivity index (χ1) is 6.61. The van der Waals surface area contributed by atoms with Gasteiger partial charge in [-0.1, -0.05) is 0 Å². The molecule has 1 aromatic heterocycles. The monoisotopic (exact) mass is 323 g/mol. The van der Waals surface area contributed by atoms with Crippen LogP contribution in [0.4, 0.5) is 10.1 Å². The van der Waals surface area contributed by atoms with Gasteiger partial charge < -0.3 is 0 Å². The van der Waals surface area contributed by atoms with Crippen LogP contribution >= 0.6 is 33.9 Å². The minimum Gasteiger partial charge on any atom is -0.258 e. The molecule has 0 aliphatic carbocycles. The van der Waals surface area contributed by atoms with Crippen LogP contribution in [0.3, 0.4) is 0 Å². The van der Waals surface area contributed by atoms with Gasteiger partial charge in [0.05, 0.1) is 13.9 Å². The Hall–Kier alpha value is -0.760. The van der Waals surface area contributed by atoms with E-state index in [1.807, 2.05) is 0 Å². The SMILES string of the molecule is O=[N+]([O-])c1c(F)c(I)cc2sccc12.